The molecule has 0 radical (unpaired) electrons. The molecule has 1 unspecified atom stereocenters. The molecular weight excluding hydrogens is 498 g/mol. The zero-order chi connectivity index (χ0) is 26.5. The van der Waals surface area contributed by atoms with E-state index in [2.05, 4.69) is 5.32 Å². The minimum absolute atomic E-state index is 0.106. The molecule has 1 aliphatic rings. The highest BCUT2D eigenvalue weighted by molar-refractivity contribution is 7.92. The first-order valence-electron chi connectivity index (χ1n) is 12.3. The average Bonchev–Trinajstić information content (AvgIpc) is 2.82. The summed E-state index contributed by atoms with van der Waals surface area (Å²) >= 11 is 6.06. The molecule has 0 saturated heterocycles. The summed E-state index contributed by atoms with van der Waals surface area (Å²) in [5.41, 5.74) is 2.96. The molecule has 0 spiro atoms. The number of nitrogens with zero attached hydrogens (tertiary/aromatic N) is 2. The summed E-state index contributed by atoms with van der Waals surface area (Å²) < 4.78 is 26.5. The first-order chi connectivity index (χ1) is 17.0. The fourth-order valence-electron chi connectivity index (χ4n) is 4.53. The quantitative estimate of drug-likeness (QED) is 0.511. The lowest BCUT2D eigenvalue weighted by Crippen LogP contribution is -2.53. The molecule has 3 rings (SSSR count). The fourth-order valence-corrected chi connectivity index (χ4v) is 5.67. The predicted molar refractivity (Wildman–Crippen MR) is 145 cm³/mol. The van der Waals surface area contributed by atoms with E-state index in [0.29, 0.717) is 16.3 Å². The summed E-state index contributed by atoms with van der Waals surface area (Å²) in [6, 6.07) is 11.9. The number of amides is 2. The number of carbonyl (C=O) groups excluding carboxylic acids is 2. The Morgan fingerprint density at radius 1 is 1.06 bits per heavy atom. The zero-order valence-electron chi connectivity index (χ0n) is 21.5. The average molecular weight is 534 g/mol. The normalized spacial score (nSPS) is 15.2. The monoisotopic (exact) mass is 533 g/mol. The van der Waals surface area contributed by atoms with Crippen LogP contribution in [0, 0.1) is 13.8 Å². The Balaban J connectivity index is 1.88. The van der Waals surface area contributed by atoms with Gasteiger partial charge in [0.1, 0.15) is 12.6 Å². The second-order valence-corrected chi connectivity index (χ2v) is 12.1. The number of carbonyl (C=O) groups is 2. The van der Waals surface area contributed by atoms with Crippen molar-refractivity contribution < 1.29 is 18.0 Å². The van der Waals surface area contributed by atoms with E-state index in [1.807, 2.05) is 31.2 Å². The van der Waals surface area contributed by atoms with E-state index >= 15 is 0 Å². The molecule has 0 bridgehead atoms. The van der Waals surface area contributed by atoms with Gasteiger partial charge in [0.05, 0.1) is 11.9 Å². The van der Waals surface area contributed by atoms with Gasteiger partial charge in [-0.25, -0.2) is 8.42 Å². The third-order valence-electron chi connectivity index (χ3n) is 6.70. The van der Waals surface area contributed by atoms with E-state index in [1.165, 1.54) is 11.3 Å². The van der Waals surface area contributed by atoms with E-state index in [0.717, 1.165) is 47.4 Å². The zero-order valence-corrected chi connectivity index (χ0v) is 23.0. The van der Waals surface area contributed by atoms with E-state index in [1.54, 1.807) is 32.0 Å². The van der Waals surface area contributed by atoms with Crippen molar-refractivity contribution in [1.82, 2.24) is 10.2 Å². The van der Waals surface area contributed by atoms with Crippen LogP contribution in [-0.2, 0) is 26.2 Å². The number of rotatable bonds is 9. The molecule has 2 aromatic carbocycles. The van der Waals surface area contributed by atoms with Crippen molar-refractivity contribution in [2.24, 2.45) is 0 Å². The molecular formula is C27H36ClN3O4S. The molecule has 36 heavy (non-hydrogen) atoms. The molecule has 2 aromatic rings. The number of hydrogen-bond donors (Lipinski definition) is 1. The molecule has 1 fully saturated rings. The van der Waals surface area contributed by atoms with Crippen molar-refractivity contribution >= 4 is 39.1 Å². The van der Waals surface area contributed by atoms with Crippen LogP contribution in [0.1, 0.15) is 55.7 Å². The van der Waals surface area contributed by atoms with Crippen molar-refractivity contribution in [1.29, 1.82) is 0 Å². The summed E-state index contributed by atoms with van der Waals surface area (Å²) in [7, 11) is -3.79. The number of hydrogen-bond acceptors (Lipinski definition) is 4. The third-order valence-corrected chi connectivity index (χ3v) is 8.06. The number of aryl methyl sites for hydroxylation is 2. The topological polar surface area (TPSA) is 86.8 Å². The summed E-state index contributed by atoms with van der Waals surface area (Å²) in [5.74, 6) is -0.683. The number of benzene rings is 2. The fraction of sp³-hybridized carbons (Fsp3) is 0.481. The van der Waals surface area contributed by atoms with Crippen LogP contribution in [0.3, 0.4) is 0 Å². The Morgan fingerprint density at radius 2 is 1.69 bits per heavy atom. The van der Waals surface area contributed by atoms with Crippen molar-refractivity contribution in [3.63, 3.8) is 0 Å². The lowest BCUT2D eigenvalue weighted by Gasteiger charge is -2.33. The molecule has 1 saturated carbocycles. The van der Waals surface area contributed by atoms with Gasteiger partial charge in [-0.15, -0.1) is 0 Å². The molecule has 1 atom stereocenters. The molecule has 0 aromatic heterocycles. The molecule has 1 aliphatic carbocycles. The largest absolute Gasteiger partial charge is 0.352 e. The lowest BCUT2D eigenvalue weighted by molar-refractivity contribution is -0.139. The molecule has 1 N–H and O–H groups in total. The Morgan fingerprint density at radius 3 is 2.28 bits per heavy atom. The van der Waals surface area contributed by atoms with Crippen LogP contribution >= 0.6 is 11.6 Å². The minimum atomic E-state index is -3.79. The molecule has 7 nitrogen and oxygen atoms in total. The summed E-state index contributed by atoms with van der Waals surface area (Å²) in [4.78, 5) is 28.3. The second kappa shape index (κ2) is 12.1. The van der Waals surface area contributed by atoms with Crippen LogP contribution in [0.5, 0.6) is 0 Å². The Kier molecular flexibility index (Phi) is 9.41. The maximum Gasteiger partial charge on any atom is 0.244 e. The third kappa shape index (κ3) is 7.46. The van der Waals surface area contributed by atoms with Crippen LogP contribution in [-0.4, -0.2) is 50.0 Å². The van der Waals surface area contributed by atoms with Crippen molar-refractivity contribution in [3.8, 4) is 0 Å². The smallest absolute Gasteiger partial charge is 0.244 e. The van der Waals surface area contributed by atoms with Crippen LogP contribution in [0.2, 0.25) is 5.02 Å². The van der Waals surface area contributed by atoms with Gasteiger partial charge in [-0.05, 0) is 62.9 Å². The first kappa shape index (κ1) is 28.0. The number of sulfonamides is 1. The lowest BCUT2D eigenvalue weighted by atomic mass is 9.95. The van der Waals surface area contributed by atoms with Crippen LogP contribution in [0.15, 0.2) is 42.5 Å². The van der Waals surface area contributed by atoms with Crippen LogP contribution in [0.4, 0.5) is 5.69 Å². The Labute approximate surface area is 219 Å². The van der Waals surface area contributed by atoms with Gasteiger partial charge in [0, 0.05) is 17.6 Å². The van der Waals surface area contributed by atoms with E-state index in [4.69, 9.17) is 11.6 Å². The molecule has 2 amide bonds. The summed E-state index contributed by atoms with van der Waals surface area (Å²) in [6.07, 6.45) is 6.26. The van der Waals surface area contributed by atoms with Crippen molar-refractivity contribution in [2.75, 3.05) is 17.1 Å². The standard InChI is InChI=1S/C27H36ClN3O4S/c1-19-10-12-22(13-11-19)17-30(21(3)27(33)29-24-8-6-5-7-9-24)26(32)18-31(36(4,34)35)25-15-14-23(28)16-20(25)2/h10-16,21,24H,5-9,17-18H2,1-4H3,(H,29,33). The summed E-state index contributed by atoms with van der Waals surface area (Å²) in [5, 5.41) is 3.58. The van der Waals surface area contributed by atoms with E-state index in [-0.39, 0.29) is 18.5 Å². The van der Waals surface area contributed by atoms with Gasteiger partial charge in [-0.2, -0.15) is 0 Å². The van der Waals surface area contributed by atoms with Gasteiger partial charge >= 0.3 is 0 Å². The first-order valence-corrected chi connectivity index (χ1v) is 14.6. The summed E-state index contributed by atoms with van der Waals surface area (Å²) in [6.45, 7) is 5.19. The van der Waals surface area contributed by atoms with Gasteiger partial charge in [-0.1, -0.05) is 60.7 Å². The van der Waals surface area contributed by atoms with Crippen molar-refractivity contribution in [3.05, 3.63) is 64.2 Å². The highest BCUT2D eigenvalue weighted by atomic mass is 35.5. The SMILES string of the molecule is Cc1ccc(CN(C(=O)CN(c2ccc(Cl)cc2C)S(C)(=O)=O)C(C)C(=O)NC2CCCCC2)cc1. The number of halogens is 1. The van der Waals surface area contributed by atoms with E-state index < -0.39 is 28.5 Å². The highest BCUT2D eigenvalue weighted by Gasteiger charge is 2.31. The van der Waals surface area contributed by atoms with Crippen molar-refractivity contribution in [2.45, 2.75) is 71.5 Å². The molecule has 0 aliphatic heterocycles. The Hall–Kier alpha value is -2.58. The van der Waals surface area contributed by atoms with Gasteiger partial charge in [0.2, 0.25) is 21.8 Å². The maximum absolute atomic E-state index is 13.7. The van der Waals surface area contributed by atoms with Gasteiger partial charge in [0.15, 0.2) is 0 Å². The number of anilines is 1. The predicted octanol–water partition coefficient (Wildman–Crippen LogP) is 4.59. The maximum atomic E-state index is 13.7. The molecule has 0 heterocycles. The van der Waals surface area contributed by atoms with Gasteiger partial charge < -0.3 is 10.2 Å². The van der Waals surface area contributed by atoms with Crippen LogP contribution < -0.4 is 9.62 Å². The van der Waals surface area contributed by atoms with Crippen LogP contribution in [0.25, 0.3) is 0 Å². The van der Waals surface area contributed by atoms with Gasteiger partial charge in [0.25, 0.3) is 0 Å². The van der Waals surface area contributed by atoms with Gasteiger partial charge in [-0.3, -0.25) is 13.9 Å². The second-order valence-electron chi connectivity index (χ2n) is 9.73. The number of nitrogens with one attached hydrogen (secondary N) is 1. The van der Waals surface area contributed by atoms with E-state index in [9.17, 15) is 18.0 Å². The Bertz CT molecular complexity index is 1180. The minimum Gasteiger partial charge on any atom is -0.352 e. The molecule has 196 valence electrons. The highest BCUT2D eigenvalue weighted by Crippen LogP contribution is 2.26. The molecule has 9 heteroatoms.